The first-order valence-corrected chi connectivity index (χ1v) is 7.58. The summed E-state index contributed by atoms with van der Waals surface area (Å²) in [5, 5.41) is 3.32. The van der Waals surface area contributed by atoms with Crippen LogP contribution in [0.4, 0.5) is 11.4 Å². The van der Waals surface area contributed by atoms with E-state index in [0.717, 1.165) is 11.4 Å². The number of hydrogen-bond donors (Lipinski definition) is 3. The number of aryl methyl sites for hydroxylation is 1. The minimum atomic E-state index is -0.247. The fourth-order valence-electron chi connectivity index (χ4n) is 1.90. The molecule has 23 heavy (non-hydrogen) atoms. The Hall–Kier alpha value is -2.60. The molecule has 0 unspecified atom stereocenters. The summed E-state index contributed by atoms with van der Waals surface area (Å²) in [6.45, 7) is 2.02. The van der Waals surface area contributed by atoms with Crippen molar-refractivity contribution < 1.29 is 4.79 Å². The molecule has 2 aromatic rings. The molecular formula is C17H20N4OS. The molecule has 6 heteroatoms. The van der Waals surface area contributed by atoms with Crippen LogP contribution in [0.2, 0.25) is 0 Å². The predicted molar refractivity (Wildman–Crippen MR) is 98.8 cm³/mol. The standard InChI is InChI=1S/C17H20N4OS/c1-12-4-8-14(9-5-12)18-17(23)20-19-16(22)13-6-10-15(11-7-13)21(2)3/h4-11H,1-3H3,(H,19,22)(H2,18,20,23). The molecule has 0 bridgehead atoms. The van der Waals surface area contributed by atoms with Crippen molar-refractivity contribution in [1.82, 2.24) is 10.9 Å². The van der Waals surface area contributed by atoms with Crippen molar-refractivity contribution in [3.63, 3.8) is 0 Å². The molecule has 0 aliphatic rings. The van der Waals surface area contributed by atoms with E-state index in [1.807, 2.05) is 62.3 Å². The van der Waals surface area contributed by atoms with E-state index in [9.17, 15) is 4.79 Å². The number of amides is 1. The molecular weight excluding hydrogens is 308 g/mol. The highest BCUT2D eigenvalue weighted by Crippen LogP contribution is 2.12. The van der Waals surface area contributed by atoms with Crippen molar-refractivity contribution in [3.8, 4) is 0 Å². The lowest BCUT2D eigenvalue weighted by Gasteiger charge is -2.14. The second-order valence-corrected chi connectivity index (χ2v) is 5.75. The van der Waals surface area contributed by atoms with Gasteiger partial charge in [-0.1, -0.05) is 17.7 Å². The molecule has 120 valence electrons. The Bertz CT molecular complexity index is 681. The topological polar surface area (TPSA) is 56.4 Å². The Morgan fingerprint density at radius 2 is 1.57 bits per heavy atom. The molecule has 0 radical (unpaired) electrons. The summed E-state index contributed by atoms with van der Waals surface area (Å²) in [4.78, 5) is 14.0. The molecule has 0 saturated carbocycles. The second-order valence-electron chi connectivity index (χ2n) is 5.34. The van der Waals surface area contributed by atoms with Gasteiger partial charge in [0, 0.05) is 31.0 Å². The number of carbonyl (C=O) groups is 1. The number of anilines is 2. The summed E-state index contributed by atoms with van der Waals surface area (Å²) in [5.41, 5.74) is 8.88. The Morgan fingerprint density at radius 3 is 2.13 bits per heavy atom. The number of rotatable bonds is 3. The predicted octanol–water partition coefficient (Wildman–Crippen LogP) is 2.69. The van der Waals surface area contributed by atoms with E-state index in [2.05, 4.69) is 16.2 Å². The van der Waals surface area contributed by atoms with Crippen LogP contribution in [0.5, 0.6) is 0 Å². The van der Waals surface area contributed by atoms with E-state index in [1.165, 1.54) is 5.56 Å². The molecule has 2 aromatic carbocycles. The first kappa shape index (κ1) is 16.8. The zero-order chi connectivity index (χ0) is 16.8. The SMILES string of the molecule is Cc1ccc(NC(=S)NNC(=O)c2ccc(N(C)C)cc2)cc1. The van der Waals surface area contributed by atoms with Gasteiger partial charge < -0.3 is 10.2 Å². The number of hydrazine groups is 1. The number of carbonyl (C=O) groups excluding carboxylic acids is 1. The quantitative estimate of drug-likeness (QED) is 0.597. The van der Waals surface area contributed by atoms with Gasteiger partial charge in [0.05, 0.1) is 0 Å². The van der Waals surface area contributed by atoms with Gasteiger partial charge in [-0.15, -0.1) is 0 Å². The van der Waals surface area contributed by atoms with Crippen LogP contribution in [0, 0.1) is 6.92 Å². The normalized spacial score (nSPS) is 9.87. The zero-order valence-electron chi connectivity index (χ0n) is 13.4. The minimum Gasteiger partial charge on any atom is -0.378 e. The fraction of sp³-hybridized carbons (Fsp3) is 0.176. The van der Waals surface area contributed by atoms with Crippen LogP contribution in [0.25, 0.3) is 0 Å². The van der Waals surface area contributed by atoms with E-state index < -0.39 is 0 Å². The third-order valence-corrected chi connectivity index (χ3v) is 3.45. The van der Waals surface area contributed by atoms with Crippen LogP contribution in [0.15, 0.2) is 48.5 Å². The highest BCUT2D eigenvalue weighted by molar-refractivity contribution is 7.80. The van der Waals surface area contributed by atoms with Gasteiger partial charge in [-0.3, -0.25) is 15.6 Å². The van der Waals surface area contributed by atoms with Gasteiger partial charge in [0.15, 0.2) is 5.11 Å². The third kappa shape index (κ3) is 4.96. The van der Waals surface area contributed by atoms with Crippen LogP contribution in [0.1, 0.15) is 15.9 Å². The molecule has 0 atom stereocenters. The van der Waals surface area contributed by atoms with Crippen LogP contribution in [0.3, 0.4) is 0 Å². The average molecular weight is 328 g/mol. The molecule has 0 saturated heterocycles. The number of nitrogens with zero attached hydrogens (tertiary/aromatic N) is 1. The van der Waals surface area contributed by atoms with Crippen molar-refractivity contribution in [2.24, 2.45) is 0 Å². The largest absolute Gasteiger partial charge is 0.378 e. The highest BCUT2D eigenvalue weighted by atomic mass is 32.1. The van der Waals surface area contributed by atoms with Crippen LogP contribution >= 0.6 is 12.2 Å². The summed E-state index contributed by atoms with van der Waals surface area (Å²) >= 11 is 5.15. The molecule has 0 spiro atoms. The summed E-state index contributed by atoms with van der Waals surface area (Å²) in [6.07, 6.45) is 0. The van der Waals surface area contributed by atoms with Gasteiger partial charge >= 0.3 is 0 Å². The Morgan fingerprint density at radius 1 is 0.957 bits per heavy atom. The zero-order valence-corrected chi connectivity index (χ0v) is 14.2. The van der Waals surface area contributed by atoms with E-state index in [4.69, 9.17) is 12.2 Å². The molecule has 1 amide bonds. The molecule has 0 aromatic heterocycles. The second kappa shape index (κ2) is 7.60. The molecule has 3 N–H and O–H groups in total. The molecule has 0 aliphatic carbocycles. The molecule has 0 heterocycles. The fourth-order valence-corrected chi connectivity index (χ4v) is 2.06. The van der Waals surface area contributed by atoms with Crippen molar-refractivity contribution >= 4 is 34.6 Å². The van der Waals surface area contributed by atoms with Gasteiger partial charge in [-0.05, 0) is 55.5 Å². The first-order valence-electron chi connectivity index (χ1n) is 7.17. The van der Waals surface area contributed by atoms with Gasteiger partial charge in [0.1, 0.15) is 0 Å². The van der Waals surface area contributed by atoms with Crippen LogP contribution in [-0.2, 0) is 0 Å². The van der Waals surface area contributed by atoms with Gasteiger partial charge in [-0.25, -0.2) is 0 Å². The van der Waals surface area contributed by atoms with E-state index >= 15 is 0 Å². The maximum atomic E-state index is 12.1. The Balaban J connectivity index is 1.85. The summed E-state index contributed by atoms with van der Waals surface area (Å²) in [5.74, 6) is -0.247. The van der Waals surface area contributed by atoms with Crippen molar-refractivity contribution in [1.29, 1.82) is 0 Å². The Labute approximate surface area is 141 Å². The highest BCUT2D eigenvalue weighted by Gasteiger charge is 2.06. The minimum absolute atomic E-state index is 0.247. The maximum absolute atomic E-state index is 12.1. The monoisotopic (exact) mass is 328 g/mol. The van der Waals surface area contributed by atoms with Gasteiger partial charge in [0.25, 0.3) is 5.91 Å². The molecule has 0 aliphatic heterocycles. The van der Waals surface area contributed by atoms with E-state index in [-0.39, 0.29) is 5.91 Å². The molecule has 5 nitrogen and oxygen atoms in total. The van der Waals surface area contributed by atoms with Crippen molar-refractivity contribution in [3.05, 3.63) is 59.7 Å². The number of nitrogens with one attached hydrogen (secondary N) is 3. The van der Waals surface area contributed by atoms with Crippen LogP contribution in [-0.4, -0.2) is 25.1 Å². The smallest absolute Gasteiger partial charge is 0.269 e. The number of benzene rings is 2. The lowest BCUT2D eigenvalue weighted by atomic mass is 10.2. The molecule has 2 rings (SSSR count). The third-order valence-electron chi connectivity index (χ3n) is 3.24. The lowest BCUT2D eigenvalue weighted by Crippen LogP contribution is -2.43. The van der Waals surface area contributed by atoms with E-state index in [1.54, 1.807) is 12.1 Å². The average Bonchev–Trinajstić information content (AvgIpc) is 2.55. The maximum Gasteiger partial charge on any atom is 0.269 e. The summed E-state index contributed by atoms with van der Waals surface area (Å²) in [6, 6.07) is 15.1. The van der Waals surface area contributed by atoms with Gasteiger partial charge in [0.2, 0.25) is 0 Å². The van der Waals surface area contributed by atoms with Crippen molar-refractivity contribution in [2.45, 2.75) is 6.92 Å². The van der Waals surface area contributed by atoms with E-state index in [0.29, 0.717) is 10.7 Å². The van der Waals surface area contributed by atoms with Gasteiger partial charge in [-0.2, -0.15) is 0 Å². The number of thiocarbonyl (C=S) groups is 1. The summed E-state index contributed by atoms with van der Waals surface area (Å²) < 4.78 is 0. The Kier molecular flexibility index (Phi) is 5.54. The summed E-state index contributed by atoms with van der Waals surface area (Å²) in [7, 11) is 3.90. The lowest BCUT2D eigenvalue weighted by molar-refractivity contribution is 0.0944. The first-order chi connectivity index (χ1) is 11.0. The number of hydrogen-bond acceptors (Lipinski definition) is 3. The van der Waals surface area contributed by atoms with Crippen LogP contribution < -0.4 is 21.1 Å². The van der Waals surface area contributed by atoms with Crippen molar-refractivity contribution in [2.75, 3.05) is 24.3 Å². The molecule has 0 fully saturated rings.